The van der Waals surface area contributed by atoms with Gasteiger partial charge in [-0.1, -0.05) is 13.3 Å². The van der Waals surface area contributed by atoms with Gasteiger partial charge < -0.3 is 4.74 Å². The third-order valence-electron chi connectivity index (χ3n) is 2.80. The van der Waals surface area contributed by atoms with E-state index in [-0.39, 0.29) is 18.1 Å². The van der Waals surface area contributed by atoms with Crippen LogP contribution in [-0.2, 0) is 16.0 Å². The van der Waals surface area contributed by atoms with Gasteiger partial charge in [0, 0.05) is 11.1 Å². The lowest BCUT2D eigenvalue weighted by atomic mass is 10.2. The van der Waals surface area contributed by atoms with Crippen molar-refractivity contribution in [2.75, 3.05) is 5.32 Å². The number of thiazole rings is 1. The van der Waals surface area contributed by atoms with Gasteiger partial charge in [0.15, 0.2) is 5.13 Å². The van der Waals surface area contributed by atoms with E-state index in [1.165, 1.54) is 4.88 Å². The predicted molar refractivity (Wildman–Crippen MR) is 68.3 cm³/mol. The first-order valence-electron chi connectivity index (χ1n) is 6.10. The third kappa shape index (κ3) is 3.26. The molecule has 0 aliphatic carbocycles. The second-order valence-corrected chi connectivity index (χ2v) is 5.50. The van der Waals surface area contributed by atoms with Gasteiger partial charge in [-0.3, -0.25) is 10.1 Å². The highest BCUT2D eigenvalue weighted by molar-refractivity contribution is 7.15. The number of ether oxygens (including phenoxy) is 1. The molecule has 1 aromatic heterocycles. The molecule has 4 nitrogen and oxygen atoms in total. The topological polar surface area (TPSA) is 51.2 Å². The van der Waals surface area contributed by atoms with Crippen LogP contribution in [0.3, 0.4) is 0 Å². The first-order chi connectivity index (χ1) is 8.19. The first kappa shape index (κ1) is 12.5. The molecule has 1 N–H and O–H groups in total. The maximum atomic E-state index is 11.9. The van der Waals surface area contributed by atoms with Crippen molar-refractivity contribution in [1.29, 1.82) is 0 Å². The Balaban J connectivity index is 1.89. The van der Waals surface area contributed by atoms with Crippen molar-refractivity contribution < 1.29 is 9.53 Å². The van der Waals surface area contributed by atoms with Gasteiger partial charge in [0.05, 0.1) is 6.10 Å². The number of nitrogens with zero attached hydrogens (tertiary/aromatic N) is 1. The van der Waals surface area contributed by atoms with Gasteiger partial charge in [-0.25, -0.2) is 4.98 Å². The molecule has 2 atom stereocenters. The smallest absolute Gasteiger partial charge is 0.255 e. The van der Waals surface area contributed by atoms with Crippen LogP contribution in [0.4, 0.5) is 5.13 Å². The minimum atomic E-state index is -0.302. The van der Waals surface area contributed by atoms with Crippen LogP contribution < -0.4 is 5.32 Å². The van der Waals surface area contributed by atoms with Crippen molar-refractivity contribution in [3.05, 3.63) is 11.1 Å². The zero-order valence-corrected chi connectivity index (χ0v) is 11.0. The molecule has 1 aromatic rings. The summed E-state index contributed by atoms with van der Waals surface area (Å²) in [5.41, 5.74) is 0. The van der Waals surface area contributed by atoms with Crippen molar-refractivity contribution in [2.45, 2.75) is 51.7 Å². The second kappa shape index (κ2) is 5.60. The molecule has 17 heavy (non-hydrogen) atoms. The van der Waals surface area contributed by atoms with Gasteiger partial charge >= 0.3 is 0 Å². The number of rotatable bonds is 4. The van der Waals surface area contributed by atoms with Crippen LogP contribution in [0.25, 0.3) is 0 Å². The zero-order chi connectivity index (χ0) is 12.3. The van der Waals surface area contributed by atoms with Crippen molar-refractivity contribution in [2.24, 2.45) is 0 Å². The average molecular weight is 254 g/mol. The van der Waals surface area contributed by atoms with Gasteiger partial charge in [-0.05, 0) is 26.2 Å². The number of aryl methyl sites for hydroxylation is 1. The summed E-state index contributed by atoms with van der Waals surface area (Å²) >= 11 is 1.55. The Kier molecular flexibility index (Phi) is 4.12. The molecule has 2 unspecified atom stereocenters. The molecule has 1 aliphatic rings. The van der Waals surface area contributed by atoms with Gasteiger partial charge in [-0.15, -0.1) is 11.3 Å². The van der Waals surface area contributed by atoms with Gasteiger partial charge in [0.2, 0.25) is 0 Å². The maximum Gasteiger partial charge on any atom is 0.255 e. The Morgan fingerprint density at radius 2 is 2.47 bits per heavy atom. The molecule has 2 rings (SSSR count). The van der Waals surface area contributed by atoms with E-state index in [1.54, 1.807) is 11.3 Å². The molecule has 5 heteroatoms. The Morgan fingerprint density at radius 3 is 3.12 bits per heavy atom. The number of hydrogen-bond donors (Lipinski definition) is 1. The quantitative estimate of drug-likeness (QED) is 0.898. The Hall–Kier alpha value is -0.940. The summed E-state index contributed by atoms with van der Waals surface area (Å²) < 4.78 is 5.51. The van der Waals surface area contributed by atoms with Crippen LogP contribution in [-0.4, -0.2) is 23.1 Å². The molecule has 0 bridgehead atoms. The van der Waals surface area contributed by atoms with E-state index < -0.39 is 0 Å². The van der Waals surface area contributed by atoms with E-state index in [4.69, 9.17) is 4.74 Å². The summed E-state index contributed by atoms with van der Waals surface area (Å²) in [5, 5.41) is 3.51. The molecular weight excluding hydrogens is 236 g/mol. The van der Waals surface area contributed by atoms with E-state index in [0.29, 0.717) is 5.13 Å². The molecule has 0 aromatic carbocycles. The molecule has 0 spiro atoms. The number of anilines is 1. The summed E-state index contributed by atoms with van der Waals surface area (Å²) in [6.07, 6.45) is 5.60. The first-order valence-corrected chi connectivity index (χ1v) is 6.91. The van der Waals surface area contributed by atoms with E-state index in [2.05, 4.69) is 17.2 Å². The SMILES string of the molecule is CCCc1cnc(NC(=O)C2CCC(C)O2)s1. The molecule has 0 radical (unpaired) electrons. The number of aromatic nitrogens is 1. The number of hydrogen-bond acceptors (Lipinski definition) is 4. The van der Waals surface area contributed by atoms with Crippen LogP contribution >= 0.6 is 11.3 Å². The fourth-order valence-electron chi connectivity index (χ4n) is 1.91. The Bertz CT molecular complexity index is 392. The monoisotopic (exact) mass is 254 g/mol. The lowest BCUT2D eigenvalue weighted by Crippen LogP contribution is -2.27. The van der Waals surface area contributed by atoms with Crippen molar-refractivity contribution in [1.82, 2.24) is 4.98 Å². The van der Waals surface area contributed by atoms with Gasteiger partial charge in [-0.2, -0.15) is 0 Å². The fraction of sp³-hybridized carbons (Fsp3) is 0.667. The van der Waals surface area contributed by atoms with Crippen molar-refractivity contribution in [3.8, 4) is 0 Å². The minimum absolute atomic E-state index is 0.0632. The third-order valence-corrected chi connectivity index (χ3v) is 3.78. The standard InChI is InChI=1S/C12H18N2O2S/c1-3-4-9-7-13-12(17-9)14-11(15)10-6-5-8(2)16-10/h7-8,10H,3-6H2,1-2H3,(H,13,14,15). The number of amides is 1. The Morgan fingerprint density at radius 1 is 1.65 bits per heavy atom. The molecule has 0 saturated carbocycles. The summed E-state index contributed by atoms with van der Waals surface area (Å²) in [5.74, 6) is -0.0632. The molecule has 1 amide bonds. The predicted octanol–water partition coefficient (Wildman–Crippen LogP) is 2.60. The highest BCUT2D eigenvalue weighted by Gasteiger charge is 2.28. The maximum absolute atomic E-state index is 11.9. The molecule has 1 fully saturated rings. The van der Waals surface area contributed by atoms with Gasteiger partial charge in [0.25, 0.3) is 5.91 Å². The minimum Gasteiger partial charge on any atom is -0.365 e. The van der Waals surface area contributed by atoms with Crippen LogP contribution in [0.2, 0.25) is 0 Å². The molecule has 2 heterocycles. The lowest BCUT2D eigenvalue weighted by Gasteiger charge is -2.09. The molecule has 1 saturated heterocycles. The average Bonchev–Trinajstić information content (AvgIpc) is 2.88. The van der Waals surface area contributed by atoms with Crippen LogP contribution in [0.5, 0.6) is 0 Å². The zero-order valence-electron chi connectivity index (χ0n) is 10.2. The lowest BCUT2D eigenvalue weighted by molar-refractivity contribution is -0.126. The summed E-state index contributed by atoms with van der Waals surface area (Å²) in [7, 11) is 0. The molecule has 1 aliphatic heterocycles. The second-order valence-electron chi connectivity index (χ2n) is 4.38. The van der Waals surface area contributed by atoms with E-state index in [1.807, 2.05) is 13.1 Å². The Labute approximate surface area is 105 Å². The van der Waals surface area contributed by atoms with E-state index >= 15 is 0 Å². The highest BCUT2D eigenvalue weighted by Crippen LogP contribution is 2.23. The van der Waals surface area contributed by atoms with Gasteiger partial charge in [0.1, 0.15) is 6.10 Å². The van der Waals surface area contributed by atoms with Crippen molar-refractivity contribution >= 4 is 22.4 Å². The molecule has 94 valence electrons. The van der Waals surface area contributed by atoms with Crippen LogP contribution in [0, 0.1) is 0 Å². The summed E-state index contributed by atoms with van der Waals surface area (Å²) in [4.78, 5) is 17.3. The van der Waals surface area contributed by atoms with E-state index in [0.717, 1.165) is 25.7 Å². The number of carbonyl (C=O) groups is 1. The largest absolute Gasteiger partial charge is 0.365 e. The van der Waals surface area contributed by atoms with E-state index in [9.17, 15) is 4.79 Å². The summed E-state index contributed by atoms with van der Waals surface area (Å²) in [6, 6.07) is 0. The normalized spacial score (nSPS) is 23.9. The van der Waals surface area contributed by atoms with Crippen molar-refractivity contribution in [3.63, 3.8) is 0 Å². The number of nitrogens with one attached hydrogen (secondary N) is 1. The summed E-state index contributed by atoms with van der Waals surface area (Å²) in [6.45, 7) is 4.13. The fourth-order valence-corrected chi connectivity index (χ4v) is 2.83. The highest BCUT2D eigenvalue weighted by atomic mass is 32.1. The molecular formula is C12H18N2O2S. The van der Waals surface area contributed by atoms with Crippen LogP contribution in [0.15, 0.2) is 6.20 Å². The van der Waals surface area contributed by atoms with Crippen LogP contribution in [0.1, 0.15) is 38.0 Å². The number of carbonyl (C=O) groups excluding carboxylic acids is 1.